The molecule has 4 rings (SSSR count). The summed E-state index contributed by atoms with van der Waals surface area (Å²) in [7, 11) is 0. The number of anilines is 1. The summed E-state index contributed by atoms with van der Waals surface area (Å²) in [5, 5.41) is 0. The molecule has 5 nitrogen and oxygen atoms in total. The van der Waals surface area contributed by atoms with Crippen molar-refractivity contribution in [3.05, 3.63) is 72.7 Å². The van der Waals surface area contributed by atoms with Gasteiger partial charge in [-0.05, 0) is 30.3 Å². The molecule has 0 saturated carbocycles. The maximum absolute atomic E-state index is 13.0. The van der Waals surface area contributed by atoms with Crippen LogP contribution in [0.4, 0.5) is 10.2 Å². The van der Waals surface area contributed by atoms with Crippen LogP contribution in [0.2, 0.25) is 0 Å². The molecule has 1 aliphatic heterocycles. The molecule has 0 bridgehead atoms. The second kappa shape index (κ2) is 9.05. The first-order chi connectivity index (χ1) is 14.2. The smallest absolute Gasteiger partial charge is 0.233 e. The molecule has 0 aliphatic carbocycles. The quantitative estimate of drug-likeness (QED) is 0.602. The van der Waals surface area contributed by atoms with Gasteiger partial charge >= 0.3 is 0 Å². The van der Waals surface area contributed by atoms with Gasteiger partial charge in [0.05, 0.1) is 5.75 Å². The number of carbonyl (C=O) groups is 1. The van der Waals surface area contributed by atoms with E-state index < -0.39 is 0 Å². The van der Waals surface area contributed by atoms with Crippen molar-refractivity contribution in [3.63, 3.8) is 0 Å². The molecular formula is C22H21FN4OS. The number of piperazine rings is 1. The van der Waals surface area contributed by atoms with Crippen LogP contribution in [0.25, 0.3) is 11.4 Å². The van der Waals surface area contributed by atoms with E-state index in [0.29, 0.717) is 24.7 Å². The number of carbonyl (C=O) groups excluding carboxylic acids is 1. The average molecular weight is 409 g/mol. The van der Waals surface area contributed by atoms with E-state index >= 15 is 0 Å². The number of thioether (sulfide) groups is 1. The summed E-state index contributed by atoms with van der Waals surface area (Å²) >= 11 is 1.44. The molecular weight excluding hydrogens is 387 g/mol. The zero-order valence-corrected chi connectivity index (χ0v) is 16.7. The van der Waals surface area contributed by atoms with Crippen LogP contribution in [0.15, 0.2) is 71.8 Å². The number of hydrogen-bond acceptors (Lipinski definition) is 5. The predicted molar refractivity (Wildman–Crippen MR) is 113 cm³/mol. The Hall–Kier alpha value is -2.93. The average Bonchev–Trinajstić information content (AvgIpc) is 2.79. The highest BCUT2D eigenvalue weighted by molar-refractivity contribution is 8.00. The minimum absolute atomic E-state index is 0.103. The van der Waals surface area contributed by atoms with Crippen molar-refractivity contribution >= 4 is 23.5 Å². The molecule has 1 amide bonds. The summed E-state index contributed by atoms with van der Waals surface area (Å²) in [5.41, 5.74) is 0.987. The summed E-state index contributed by atoms with van der Waals surface area (Å²) < 4.78 is 13.0. The van der Waals surface area contributed by atoms with Crippen molar-refractivity contribution in [1.82, 2.24) is 14.9 Å². The number of aromatic nitrogens is 2. The molecule has 148 valence electrons. The monoisotopic (exact) mass is 408 g/mol. The van der Waals surface area contributed by atoms with Crippen LogP contribution in [0.3, 0.4) is 0 Å². The summed E-state index contributed by atoms with van der Waals surface area (Å²) in [6, 6.07) is 18.0. The molecule has 0 unspecified atom stereocenters. The molecule has 3 aromatic rings. The number of halogens is 1. The van der Waals surface area contributed by atoms with Gasteiger partial charge < -0.3 is 9.80 Å². The first kappa shape index (κ1) is 19.4. The second-order valence-corrected chi connectivity index (χ2v) is 7.76. The zero-order valence-electron chi connectivity index (χ0n) is 15.9. The van der Waals surface area contributed by atoms with Gasteiger partial charge in [0.15, 0.2) is 5.82 Å². The SMILES string of the molecule is O=C(CSc1ccc(F)cc1)N1CCN(c2ccnc(-c3ccccc3)n2)CC1. The van der Waals surface area contributed by atoms with E-state index in [9.17, 15) is 9.18 Å². The van der Waals surface area contributed by atoms with Crippen molar-refractivity contribution in [1.29, 1.82) is 0 Å². The summed E-state index contributed by atoms with van der Waals surface area (Å²) in [5.74, 6) is 1.78. The van der Waals surface area contributed by atoms with Gasteiger partial charge in [-0.2, -0.15) is 0 Å². The fourth-order valence-electron chi connectivity index (χ4n) is 3.20. The van der Waals surface area contributed by atoms with Gasteiger partial charge in [0.2, 0.25) is 5.91 Å². The number of benzene rings is 2. The third-order valence-corrected chi connectivity index (χ3v) is 5.80. The van der Waals surface area contributed by atoms with Crippen LogP contribution in [-0.4, -0.2) is 52.7 Å². The van der Waals surface area contributed by atoms with Crippen LogP contribution in [0, 0.1) is 5.82 Å². The first-order valence-corrected chi connectivity index (χ1v) is 10.5. The molecule has 1 fully saturated rings. The van der Waals surface area contributed by atoms with E-state index in [1.165, 1.54) is 23.9 Å². The fraction of sp³-hybridized carbons (Fsp3) is 0.227. The lowest BCUT2D eigenvalue weighted by atomic mass is 10.2. The van der Waals surface area contributed by atoms with E-state index in [0.717, 1.165) is 29.4 Å². The van der Waals surface area contributed by atoms with Crippen LogP contribution < -0.4 is 4.90 Å². The predicted octanol–water partition coefficient (Wildman–Crippen LogP) is 3.72. The van der Waals surface area contributed by atoms with E-state index in [2.05, 4.69) is 9.88 Å². The third kappa shape index (κ3) is 4.92. The largest absolute Gasteiger partial charge is 0.353 e. The molecule has 7 heteroatoms. The Balaban J connectivity index is 1.32. The molecule has 0 radical (unpaired) electrons. The first-order valence-electron chi connectivity index (χ1n) is 9.48. The fourth-order valence-corrected chi connectivity index (χ4v) is 4.00. The summed E-state index contributed by atoms with van der Waals surface area (Å²) in [4.78, 5) is 26.5. The minimum atomic E-state index is -0.267. The van der Waals surface area contributed by atoms with Crippen molar-refractivity contribution in [2.75, 3.05) is 36.8 Å². The van der Waals surface area contributed by atoms with E-state index in [1.807, 2.05) is 41.3 Å². The van der Waals surface area contributed by atoms with Crippen molar-refractivity contribution < 1.29 is 9.18 Å². The highest BCUT2D eigenvalue weighted by Gasteiger charge is 2.22. The highest BCUT2D eigenvalue weighted by atomic mass is 32.2. The van der Waals surface area contributed by atoms with Gasteiger partial charge in [0.25, 0.3) is 0 Å². The van der Waals surface area contributed by atoms with Crippen molar-refractivity contribution in [3.8, 4) is 11.4 Å². The van der Waals surface area contributed by atoms with Gasteiger partial charge in [-0.1, -0.05) is 30.3 Å². The highest BCUT2D eigenvalue weighted by Crippen LogP contribution is 2.21. The summed E-state index contributed by atoms with van der Waals surface area (Å²) in [6.07, 6.45) is 1.78. The molecule has 2 heterocycles. The molecule has 0 spiro atoms. The van der Waals surface area contributed by atoms with Crippen molar-refractivity contribution in [2.45, 2.75) is 4.90 Å². The Labute approximate surface area is 173 Å². The van der Waals surface area contributed by atoms with Gasteiger partial charge in [-0.15, -0.1) is 11.8 Å². The maximum Gasteiger partial charge on any atom is 0.233 e. The van der Waals surface area contributed by atoms with Crippen LogP contribution in [-0.2, 0) is 4.79 Å². The maximum atomic E-state index is 13.0. The lowest BCUT2D eigenvalue weighted by Gasteiger charge is -2.35. The molecule has 29 heavy (non-hydrogen) atoms. The van der Waals surface area contributed by atoms with E-state index in [4.69, 9.17) is 4.98 Å². The molecule has 1 aliphatic rings. The Morgan fingerprint density at radius 2 is 1.69 bits per heavy atom. The Morgan fingerprint density at radius 3 is 2.41 bits per heavy atom. The molecule has 2 aromatic carbocycles. The molecule has 1 saturated heterocycles. The molecule has 1 aromatic heterocycles. The van der Waals surface area contributed by atoms with Gasteiger partial charge in [0, 0.05) is 42.8 Å². The van der Waals surface area contributed by atoms with E-state index in [-0.39, 0.29) is 11.7 Å². The van der Waals surface area contributed by atoms with Gasteiger partial charge in [0.1, 0.15) is 11.6 Å². The minimum Gasteiger partial charge on any atom is -0.353 e. The van der Waals surface area contributed by atoms with Crippen LogP contribution >= 0.6 is 11.8 Å². The van der Waals surface area contributed by atoms with Crippen LogP contribution in [0.5, 0.6) is 0 Å². The lowest BCUT2D eigenvalue weighted by Crippen LogP contribution is -2.49. The normalized spacial score (nSPS) is 14.1. The number of rotatable bonds is 5. The van der Waals surface area contributed by atoms with E-state index in [1.54, 1.807) is 18.3 Å². The van der Waals surface area contributed by atoms with Gasteiger partial charge in [-0.25, -0.2) is 14.4 Å². The van der Waals surface area contributed by atoms with Gasteiger partial charge in [-0.3, -0.25) is 4.79 Å². The van der Waals surface area contributed by atoms with Crippen LogP contribution in [0.1, 0.15) is 0 Å². The molecule has 0 N–H and O–H groups in total. The standard InChI is InChI=1S/C22H21FN4OS/c23-18-6-8-19(9-7-18)29-16-21(28)27-14-12-26(13-15-27)20-10-11-24-22(25-20)17-4-2-1-3-5-17/h1-11H,12-16H2. The topological polar surface area (TPSA) is 49.3 Å². The second-order valence-electron chi connectivity index (χ2n) is 6.71. The summed E-state index contributed by atoms with van der Waals surface area (Å²) in [6.45, 7) is 2.79. The number of amides is 1. The Morgan fingerprint density at radius 1 is 0.966 bits per heavy atom. The third-order valence-electron chi connectivity index (χ3n) is 4.81. The lowest BCUT2D eigenvalue weighted by molar-refractivity contribution is -0.128. The Bertz CT molecular complexity index is 960. The molecule has 0 atom stereocenters. The van der Waals surface area contributed by atoms with Crippen molar-refractivity contribution in [2.24, 2.45) is 0 Å². The Kier molecular flexibility index (Phi) is 6.05. The number of hydrogen-bond donors (Lipinski definition) is 0. The zero-order chi connectivity index (χ0) is 20.1. The number of nitrogens with zero attached hydrogens (tertiary/aromatic N) is 4.